The molecule has 8 heteroatoms. The van der Waals surface area contributed by atoms with Crippen LogP contribution in [0, 0.1) is 18.6 Å². The van der Waals surface area contributed by atoms with E-state index in [0.29, 0.717) is 22.9 Å². The van der Waals surface area contributed by atoms with E-state index < -0.39 is 0 Å². The van der Waals surface area contributed by atoms with Gasteiger partial charge in [-0.25, -0.2) is 4.79 Å². The topological polar surface area (TPSA) is 88.1 Å². The Morgan fingerprint density at radius 3 is 2.91 bits per heavy atom. The quantitative estimate of drug-likeness (QED) is 0.500. The van der Waals surface area contributed by atoms with E-state index in [1.54, 1.807) is 17.8 Å². The Balaban J connectivity index is 1.92. The van der Waals surface area contributed by atoms with E-state index in [-0.39, 0.29) is 5.97 Å². The van der Waals surface area contributed by atoms with E-state index in [1.165, 1.54) is 0 Å². The van der Waals surface area contributed by atoms with Gasteiger partial charge in [-0.1, -0.05) is 0 Å². The van der Waals surface area contributed by atoms with E-state index in [1.807, 2.05) is 13.8 Å². The van der Waals surface area contributed by atoms with Gasteiger partial charge in [-0.3, -0.25) is 5.10 Å². The van der Waals surface area contributed by atoms with E-state index in [2.05, 4.69) is 20.3 Å². The van der Waals surface area contributed by atoms with Gasteiger partial charge in [-0.05, 0) is 51.4 Å². The highest BCUT2D eigenvalue weighted by Gasteiger charge is 2.29. The number of nitrogens with zero attached hydrogens (tertiary/aromatic N) is 3. The molecule has 0 amide bonds. The lowest BCUT2D eigenvalue weighted by Crippen LogP contribution is -2.06. The molecule has 1 saturated carbocycles. The molecular weight excluding hydrogens is 314 g/mol. The van der Waals surface area contributed by atoms with Crippen LogP contribution in [-0.2, 0) is 4.74 Å². The molecule has 122 valence electrons. The molecule has 2 aromatic rings. The van der Waals surface area contributed by atoms with Crippen LogP contribution >= 0.6 is 12.2 Å². The standard InChI is InChI=1S/C15H19N5O2S/c1-4-22-14(21)12-8(2)11(17-9(12)3)7-16-20-13(10-5-6-10)18-19-15(20)23/h7,10,17H,4-6H2,1-3H3,(H,19,23)/b16-7+. The number of carbonyl (C=O) groups is 1. The van der Waals surface area contributed by atoms with Gasteiger partial charge >= 0.3 is 5.97 Å². The van der Waals surface area contributed by atoms with Crippen LogP contribution in [0.15, 0.2) is 5.10 Å². The van der Waals surface area contributed by atoms with Crippen LogP contribution in [0.1, 0.15) is 58.8 Å². The number of aryl methyl sites for hydroxylation is 1. The summed E-state index contributed by atoms with van der Waals surface area (Å²) in [6.45, 7) is 5.85. The smallest absolute Gasteiger partial charge is 0.340 e. The SMILES string of the molecule is CCOC(=O)c1c(C)[nH]c(/C=N/n2c(C3CC3)n[nH]c2=S)c1C. The largest absolute Gasteiger partial charge is 0.462 e. The van der Waals surface area contributed by atoms with Gasteiger partial charge in [0.2, 0.25) is 4.77 Å². The number of hydrogen-bond acceptors (Lipinski definition) is 5. The molecular formula is C15H19N5O2S. The zero-order valence-corrected chi connectivity index (χ0v) is 14.2. The Labute approximate surface area is 138 Å². The van der Waals surface area contributed by atoms with Crippen LogP contribution in [0.2, 0.25) is 0 Å². The predicted molar refractivity (Wildman–Crippen MR) is 88.6 cm³/mol. The van der Waals surface area contributed by atoms with Gasteiger partial charge in [0, 0.05) is 11.6 Å². The molecule has 23 heavy (non-hydrogen) atoms. The Kier molecular flexibility index (Phi) is 4.16. The monoisotopic (exact) mass is 333 g/mol. The molecule has 7 nitrogen and oxygen atoms in total. The lowest BCUT2D eigenvalue weighted by molar-refractivity contribution is 0.0525. The summed E-state index contributed by atoms with van der Waals surface area (Å²) >= 11 is 5.22. The highest BCUT2D eigenvalue weighted by atomic mass is 32.1. The molecule has 0 unspecified atom stereocenters. The number of esters is 1. The van der Waals surface area contributed by atoms with Crippen LogP contribution in [-0.4, -0.2) is 38.6 Å². The molecule has 2 heterocycles. The maximum absolute atomic E-state index is 12.0. The molecule has 0 aliphatic heterocycles. The van der Waals surface area contributed by atoms with Crippen molar-refractivity contribution in [1.29, 1.82) is 0 Å². The van der Waals surface area contributed by atoms with Crippen molar-refractivity contribution in [2.45, 2.75) is 39.5 Å². The van der Waals surface area contributed by atoms with Crippen LogP contribution < -0.4 is 0 Å². The molecule has 0 bridgehead atoms. The average Bonchev–Trinajstić information content (AvgIpc) is 3.22. The minimum absolute atomic E-state index is 0.322. The van der Waals surface area contributed by atoms with E-state index >= 15 is 0 Å². The van der Waals surface area contributed by atoms with Crippen molar-refractivity contribution in [3.63, 3.8) is 0 Å². The summed E-state index contributed by atoms with van der Waals surface area (Å²) in [7, 11) is 0. The molecule has 3 rings (SSSR count). The Morgan fingerprint density at radius 2 is 2.26 bits per heavy atom. The van der Waals surface area contributed by atoms with Gasteiger partial charge in [0.05, 0.1) is 24.1 Å². The zero-order valence-electron chi connectivity index (χ0n) is 13.3. The van der Waals surface area contributed by atoms with Crippen LogP contribution in [0.25, 0.3) is 0 Å². The summed E-state index contributed by atoms with van der Waals surface area (Å²) in [5, 5.41) is 11.4. The number of carbonyl (C=O) groups excluding carboxylic acids is 1. The molecule has 1 aliphatic carbocycles. The van der Waals surface area contributed by atoms with Gasteiger partial charge in [-0.2, -0.15) is 14.9 Å². The maximum atomic E-state index is 12.0. The summed E-state index contributed by atoms with van der Waals surface area (Å²) in [4.78, 5) is 15.2. The number of rotatable bonds is 5. The van der Waals surface area contributed by atoms with Crippen molar-refractivity contribution in [2.24, 2.45) is 5.10 Å². The van der Waals surface area contributed by atoms with Gasteiger partial charge in [0.1, 0.15) is 0 Å². The second kappa shape index (κ2) is 6.11. The van der Waals surface area contributed by atoms with E-state index in [0.717, 1.165) is 35.6 Å². The molecule has 0 radical (unpaired) electrons. The van der Waals surface area contributed by atoms with Gasteiger partial charge in [0.15, 0.2) is 5.82 Å². The van der Waals surface area contributed by atoms with Crippen molar-refractivity contribution in [3.8, 4) is 0 Å². The van der Waals surface area contributed by atoms with Crippen molar-refractivity contribution in [3.05, 3.63) is 33.1 Å². The number of aromatic nitrogens is 4. The number of aromatic amines is 2. The fourth-order valence-electron chi connectivity index (χ4n) is 2.55. The number of H-pyrrole nitrogens is 2. The van der Waals surface area contributed by atoms with Crippen molar-refractivity contribution in [1.82, 2.24) is 19.9 Å². The van der Waals surface area contributed by atoms with E-state index in [4.69, 9.17) is 17.0 Å². The number of nitrogens with one attached hydrogen (secondary N) is 2. The molecule has 2 N–H and O–H groups in total. The fourth-order valence-corrected chi connectivity index (χ4v) is 2.74. The predicted octanol–water partition coefficient (Wildman–Crippen LogP) is 2.82. The lowest BCUT2D eigenvalue weighted by Gasteiger charge is -2.01. The molecule has 1 fully saturated rings. The molecule has 0 saturated heterocycles. The van der Waals surface area contributed by atoms with Crippen molar-refractivity contribution >= 4 is 24.4 Å². The third kappa shape index (κ3) is 2.98. The maximum Gasteiger partial charge on any atom is 0.340 e. The Bertz CT molecular complexity index is 826. The zero-order chi connectivity index (χ0) is 16.6. The summed E-state index contributed by atoms with van der Waals surface area (Å²) < 4.78 is 7.20. The third-order valence-corrected chi connectivity index (χ3v) is 4.14. The molecule has 1 aliphatic rings. The first-order valence-corrected chi connectivity index (χ1v) is 8.01. The molecule has 0 aromatic carbocycles. The number of hydrogen-bond donors (Lipinski definition) is 2. The second-order valence-corrected chi connectivity index (χ2v) is 5.99. The fraction of sp³-hybridized carbons (Fsp3) is 0.467. The third-order valence-electron chi connectivity index (χ3n) is 3.88. The second-order valence-electron chi connectivity index (χ2n) is 5.60. The van der Waals surface area contributed by atoms with Gasteiger partial charge in [-0.15, -0.1) is 0 Å². The summed E-state index contributed by atoms with van der Waals surface area (Å²) in [5.41, 5.74) is 2.90. The van der Waals surface area contributed by atoms with Crippen LogP contribution in [0.4, 0.5) is 0 Å². The van der Waals surface area contributed by atoms with Crippen molar-refractivity contribution in [2.75, 3.05) is 6.61 Å². The van der Waals surface area contributed by atoms with Crippen LogP contribution in [0.3, 0.4) is 0 Å². The Morgan fingerprint density at radius 1 is 1.52 bits per heavy atom. The summed E-state index contributed by atoms with van der Waals surface area (Å²) in [6, 6.07) is 0. The van der Waals surface area contributed by atoms with Crippen molar-refractivity contribution < 1.29 is 9.53 Å². The van der Waals surface area contributed by atoms with E-state index in [9.17, 15) is 4.79 Å². The van der Waals surface area contributed by atoms with Gasteiger partial charge < -0.3 is 9.72 Å². The lowest BCUT2D eigenvalue weighted by atomic mass is 10.1. The molecule has 0 atom stereocenters. The molecule has 0 spiro atoms. The minimum atomic E-state index is -0.322. The minimum Gasteiger partial charge on any atom is -0.462 e. The van der Waals surface area contributed by atoms with Gasteiger partial charge in [0.25, 0.3) is 0 Å². The summed E-state index contributed by atoms with van der Waals surface area (Å²) in [5.74, 6) is 0.969. The first kappa shape index (κ1) is 15.7. The molecule has 2 aromatic heterocycles. The summed E-state index contributed by atoms with van der Waals surface area (Å²) in [6.07, 6.45) is 3.90. The highest BCUT2D eigenvalue weighted by Crippen LogP contribution is 2.38. The number of ether oxygens (including phenoxy) is 1. The Hall–Kier alpha value is -2.22. The van der Waals surface area contributed by atoms with Crippen LogP contribution in [0.5, 0.6) is 0 Å². The highest BCUT2D eigenvalue weighted by molar-refractivity contribution is 7.71. The average molecular weight is 333 g/mol. The normalized spacial score (nSPS) is 14.6. The first-order chi connectivity index (χ1) is 11.0. The first-order valence-electron chi connectivity index (χ1n) is 7.60.